The van der Waals surface area contributed by atoms with Gasteiger partial charge in [-0.05, 0) is 48.5 Å². The molecule has 2 aromatic carbocycles. The summed E-state index contributed by atoms with van der Waals surface area (Å²) in [6.07, 6.45) is 1.67. The number of benzene rings is 2. The molecule has 6 nitrogen and oxygen atoms in total. The van der Waals surface area contributed by atoms with E-state index >= 15 is 0 Å². The van der Waals surface area contributed by atoms with Gasteiger partial charge in [0, 0.05) is 10.6 Å². The van der Waals surface area contributed by atoms with Gasteiger partial charge in [-0.3, -0.25) is 4.57 Å². The first-order valence-corrected chi connectivity index (χ1v) is 10.4. The fourth-order valence-electron chi connectivity index (χ4n) is 3.12. The minimum atomic E-state index is 0.542. The lowest BCUT2D eigenvalue weighted by molar-refractivity contribution is 0.485. The summed E-state index contributed by atoms with van der Waals surface area (Å²) < 4.78 is 7.60. The average Bonchev–Trinajstić information content (AvgIpc) is 3.47. The number of aromatic amines is 1. The van der Waals surface area contributed by atoms with E-state index in [9.17, 15) is 0 Å². The van der Waals surface area contributed by atoms with Crippen molar-refractivity contribution in [2.45, 2.75) is 17.5 Å². The standard InChI is InChI=1S/C21H16ClN5OS/c22-15-9-7-14(8-10-15)20-25-26-21(27(20)12-16-4-3-11-28-16)29-13-19-23-17-5-1-2-6-18(17)24-19/h1-11H,12-13H2,(H,23,24). The zero-order valence-electron chi connectivity index (χ0n) is 15.2. The van der Waals surface area contributed by atoms with Crippen molar-refractivity contribution < 1.29 is 4.42 Å². The minimum Gasteiger partial charge on any atom is -0.467 e. The summed E-state index contributed by atoms with van der Waals surface area (Å²) in [6, 6.07) is 19.4. The maximum atomic E-state index is 6.04. The van der Waals surface area contributed by atoms with Crippen LogP contribution >= 0.6 is 23.4 Å². The number of H-pyrrole nitrogens is 1. The van der Waals surface area contributed by atoms with E-state index in [1.807, 2.05) is 60.7 Å². The molecule has 0 spiro atoms. The maximum absolute atomic E-state index is 6.04. The Morgan fingerprint density at radius 2 is 1.86 bits per heavy atom. The fraction of sp³-hybridized carbons (Fsp3) is 0.0952. The number of halogens is 1. The topological polar surface area (TPSA) is 72.5 Å². The van der Waals surface area contributed by atoms with Crippen LogP contribution in [0.5, 0.6) is 0 Å². The summed E-state index contributed by atoms with van der Waals surface area (Å²) in [5.74, 6) is 3.17. The second kappa shape index (κ2) is 7.77. The van der Waals surface area contributed by atoms with Gasteiger partial charge in [0.15, 0.2) is 11.0 Å². The van der Waals surface area contributed by atoms with E-state index in [1.165, 1.54) is 0 Å². The van der Waals surface area contributed by atoms with Crippen LogP contribution in [-0.2, 0) is 12.3 Å². The first-order chi connectivity index (χ1) is 14.3. The van der Waals surface area contributed by atoms with Gasteiger partial charge in [-0.25, -0.2) is 4.98 Å². The Bertz CT molecular complexity index is 1210. The molecule has 0 bridgehead atoms. The van der Waals surface area contributed by atoms with Crippen molar-refractivity contribution in [3.63, 3.8) is 0 Å². The first-order valence-electron chi connectivity index (χ1n) is 9.04. The molecular weight excluding hydrogens is 406 g/mol. The lowest BCUT2D eigenvalue weighted by atomic mass is 10.2. The van der Waals surface area contributed by atoms with Crippen molar-refractivity contribution in [3.8, 4) is 11.4 Å². The molecule has 0 unspecified atom stereocenters. The Morgan fingerprint density at radius 1 is 1.00 bits per heavy atom. The van der Waals surface area contributed by atoms with Gasteiger partial charge in [-0.1, -0.05) is 35.5 Å². The van der Waals surface area contributed by atoms with Crippen LogP contribution < -0.4 is 0 Å². The summed E-state index contributed by atoms with van der Waals surface area (Å²) in [5, 5.41) is 10.3. The lowest BCUT2D eigenvalue weighted by Gasteiger charge is -2.08. The van der Waals surface area contributed by atoms with Gasteiger partial charge in [-0.15, -0.1) is 10.2 Å². The number of nitrogens with zero attached hydrogens (tertiary/aromatic N) is 4. The van der Waals surface area contributed by atoms with Gasteiger partial charge in [0.2, 0.25) is 0 Å². The first kappa shape index (κ1) is 18.0. The van der Waals surface area contributed by atoms with Gasteiger partial charge >= 0.3 is 0 Å². The van der Waals surface area contributed by atoms with Crippen molar-refractivity contribution in [2.75, 3.05) is 0 Å². The number of rotatable bonds is 6. The molecule has 0 aliphatic rings. The number of imidazole rings is 1. The third-order valence-electron chi connectivity index (χ3n) is 4.49. The minimum absolute atomic E-state index is 0.542. The van der Waals surface area contributed by atoms with Crippen LogP contribution in [0.25, 0.3) is 22.4 Å². The molecule has 0 aliphatic heterocycles. The van der Waals surface area contributed by atoms with Gasteiger partial charge in [0.1, 0.15) is 11.6 Å². The zero-order valence-corrected chi connectivity index (χ0v) is 16.8. The number of para-hydroxylation sites is 2. The molecule has 0 radical (unpaired) electrons. The van der Waals surface area contributed by atoms with E-state index < -0.39 is 0 Å². The molecule has 0 aliphatic carbocycles. The van der Waals surface area contributed by atoms with Crippen LogP contribution in [0.1, 0.15) is 11.6 Å². The highest BCUT2D eigenvalue weighted by Crippen LogP contribution is 2.28. The largest absolute Gasteiger partial charge is 0.467 e. The lowest BCUT2D eigenvalue weighted by Crippen LogP contribution is -2.03. The summed E-state index contributed by atoms with van der Waals surface area (Å²) in [6.45, 7) is 0.542. The molecule has 5 rings (SSSR count). The number of furan rings is 1. The van der Waals surface area contributed by atoms with Gasteiger partial charge in [0.05, 0.1) is 29.6 Å². The van der Waals surface area contributed by atoms with E-state index in [4.69, 9.17) is 16.0 Å². The van der Waals surface area contributed by atoms with E-state index in [0.29, 0.717) is 17.3 Å². The van der Waals surface area contributed by atoms with Crippen LogP contribution in [0.4, 0.5) is 0 Å². The third kappa shape index (κ3) is 3.79. The Morgan fingerprint density at radius 3 is 2.66 bits per heavy atom. The highest BCUT2D eigenvalue weighted by atomic mass is 35.5. The van der Waals surface area contributed by atoms with Crippen LogP contribution in [0.3, 0.4) is 0 Å². The van der Waals surface area contributed by atoms with Crippen molar-refractivity contribution in [3.05, 3.63) is 83.5 Å². The highest BCUT2D eigenvalue weighted by Gasteiger charge is 2.16. The molecule has 1 N–H and O–H groups in total. The molecule has 0 atom stereocenters. The number of hydrogen-bond donors (Lipinski definition) is 1. The summed E-state index contributed by atoms with van der Waals surface area (Å²) in [5.41, 5.74) is 2.94. The van der Waals surface area contributed by atoms with Crippen LogP contribution in [-0.4, -0.2) is 24.7 Å². The van der Waals surface area contributed by atoms with Crippen molar-refractivity contribution in [1.29, 1.82) is 0 Å². The average molecular weight is 422 g/mol. The van der Waals surface area contributed by atoms with Gasteiger partial charge in [0.25, 0.3) is 0 Å². The Hall–Kier alpha value is -3.03. The Balaban J connectivity index is 1.45. The van der Waals surface area contributed by atoms with E-state index in [0.717, 1.165) is 39.2 Å². The molecule has 3 heterocycles. The van der Waals surface area contributed by atoms with Gasteiger partial charge in [-0.2, -0.15) is 0 Å². The highest BCUT2D eigenvalue weighted by molar-refractivity contribution is 7.98. The molecular formula is C21H16ClN5OS. The predicted molar refractivity (Wildman–Crippen MR) is 114 cm³/mol. The van der Waals surface area contributed by atoms with Crippen LogP contribution in [0.2, 0.25) is 5.02 Å². The second-order valence-corrected chi connectivity index (χ2v) is 7.85. The zero-order chi connectivity index (χ0) is 19.6. The number of fused-ring (bicyclic) bond motifs is 1. The van der Waals surface area contributed by atoms with Crippen LogP contribution in [0, 0.1) is 0 Å². The third-order valence-corrected chi connectivity index (χ3v) is 5.72. The predicted octanol–water partition coefficient (Wildman–Crippen LogP) is 5.41. The Labute approximate surface area is 175 Å². The summed E-state index contributed by atoms with van der Waals surface area (Å²) in [4.78, 5) is 7.99. The number of aromatic nitrogens is 5. The molecule has 144 valence electrons. The fourth-order valence-corrected chi connectivity index (χ4v) is 4.05. The van der Waals surface area contributed by atoms with E-state index in [-0.39, 0.29) is 0 Å². The number of thioether (sulfide) groups is 1. The Kier molecular flexibility index (Phi) is 4.83. The van der Waals surface area contributed by atoms with E-state index in [2.05, 4.69) is 24.7 Å². The van der Waals surface area contributed by atoms with Crippen LogP contribution in [0.15, 0.2) is 76.5 Å². The summed E-state index contributed by atoms with van der Waals surface area (Å²) in [7, 11) is 0. The van der Waals surface area contributed by atoms with Crippen molar-refractivity contribution >= 4 is 34.4 Å². The number of nitrogens with one attached hydrogen (secondary N) is 1. The maximum Gasteiger partial charge on any atom is 0.192 e. The van der Waals surface area contributed by atoms with E-state index in [1.54, 1.807) is 18.0 Å². The molecule has 0 saturated heterocycles. The molecule has 3 aromatic heterocycles. The quantitative estimate of drug-likeness (QED) is 0.371. The number of hydrogen-bond acceptors (Lipinski definition) is 5. The molecule has 8 heteroatoms. The molecule has 5 aromatic rings. The molecule has 0 saturated carbocycles. The monoisotopic (exact) mass is 421 g/mol. The normalized spacial score (nSPS) is 11.3. The second-order valence-electron chi connectivity index (χ2n) is 6.47. The molecule has 0 fully saturated rings. The summed E-state index contributed by atoms with van der Waals surface area (Å²) >= 11 is 7.62. The smallest absolute Gasteiger partial charge is 0.192 e. The van der Waals surface area contributed by atoms with Crippen molar-refractivity contribution in [1.82, 2.24) is 24.7 Å². The molecule has 0 amide bonds. The molecule has 29 heavy (non-hydrogen) atoms. The van der Waals surface area contributed by atoms with Crippen molar-refractivity contribution in [2.24, 2.45) is 0 Å². The van der Waals surface area contributed by atoms with Gasteiger partial charge < -0.3 is 9.40 Å². The SMILES string of the molecule is Clc1ccc(-c2nnc(SCc3nc4ccccc4[nH]3)n2Cc2ccco2)cc1.